The van der Waals surface area contributed by atoms with Gasteiger partial charge in [-0.05, 0) is 44.4 Å². The molecule has 3 aromatic rings. The van der Waals surface area contributed by atoms with Crippen molar-refractivity contribution in [3.63, 3.8) is 0 Å². The Hall–Kier alpha value is -3.02. The first-order valence-electron chi connectivity index (χ1n) is 9.99. The van der Waals surface area contributed by atoms with Crippen LogP contribution in [0.4, 0.5) is 0 Å². The minimum atomic E-state index is -0.137. The third-order valence-electron chi connectivity index (χ3n) is 4.59. The summed E-state index contributed by atoms with van der Waals surface area (Å²) in [6.45, 7) is 8.61. The quantitative estimate of drug-likeness (QED) is 0.545. The van der Waals surface area contributed by atoms with E-state index in [1.807, 2.05) is 31.2 Å². The van der Waals surface area contributed by atoms with Crippen molar-refractivity contribution >= 4 is 5.91 Å². The fourth-order valence-electron chi connectivity index (χ4n) is 3.29. The number of para-hydroxylation sites is 1. The van der Waals surface area contributed by atoms with Crippen molar-refractivity contribution in [3.8, 4) is 17.4 Å². The summed E-state index contributed by atoms with van der Waals surface area (Å²) in [6.07, 6.45) is 2.51. The number of hydrogen-bond acceptors (Lipinski definition) is 5. The number of carbonyl (C=O) groups excluding carboxylic acids is 1. The number of hydrogen-bond donors (Lipinski definition) is 1. The molecule has 0 bridgehead atoms. The zero-order chi connectivity index (χ0) is 20.8. The van der Waals surface area contributed by atoms with E-state index in [9.17, 15) is 4.79 Å². The van der Waals surface area contributed by atoms with Crippen LogP contribution in [-0.2, 0) is 11.2 Å². The molecule has 0 unspecified atom stereocenters. The van der Waals surface area contributed by atoms with Crippen LogP contribution in [0.15, 0.2) is 51.5 Å². The van der Waals surface area contributed by atoms with Gasteiger partial charge in [-0.2, -0.15) is 0 Å². The van der Waals surface area contributed by atoms with Gasteiger partial charge in [0.1, 0.15) is 11.5 Å². The lowest BCUT2D eigenvalue weighted by Gasteiger charge is -2.23. The fraction of sp³-hybridized carbons (Fsp3) is 0.391. The number of aryl methyl sites for hydroxylation is 1. The molecule has 1 N–H and O–H groups in total. The Balaban J connectivity index is 1.76. The zero-order valence-corrected chi connectivity index (χ0v) is 17.4. The van der Waals surface area contributed by atoms with E-state index in [1.165, 1.54) is 0 Å². The van der Waals surface area contributed by atoms with Crippen molar-refractivity contribution in [2.24, 2.45) is 5.92 Å². The van der Waals surface area contributed by atoms with Gasteiger partial charge in [-0.3, -0.25) is 4.79 Å². The van der Waals surface area contributed by atoms with Crippen LogP contribution in [0, 0.1) is 12.8 Å². The van der Waals surface area contributed by atoms with Gasteiger partial charge in [-0.25, -0.2) is 4.98 Å². The van der Waals surface area contributed by atoms with Crippen molar-refractivity contribution in [2.75, 3.05) is 6.61 Å². The van der Waals surface area contributed by atoms with Gasteiger partial charge >= 0.3 is 0 Å². The van der Waals surface area contributed by atoms with E-state index in [4.69, 9.17) is 13.6 Å². The Morgan fingerprint density at radius 1 is 1.21 bits per heavy atom. The van der Waals surface area contributed by atoms with Crippen LogP contribution in [0.1, 0.15) is 50.3 Å². The normalized spacial score (nSPS) is 12.2. The Bertz CT molecular complexity index is 928. The van der Waals surface area contributed by atoms with Crippen LogP contribution in [0.3, 0.4) is 0 Å². The maximum atomic E-state index is 12.8. The molecular formula is C23H28N2O4. The highest BCUT2D eigenvalue weighted by atomic mass is 16.5. The van der Waals surface area contributed by atoms with Crippen molar-refractivity contribution < 1.29 is 18.4 Å². The summed E-state index contributed by atoms with van der Waals surface area (Å²) in [7, 11) is 0. The average molecular weight is 396 g/mol. The van der Waals surface area contributed by atoms with E-state index in [1.54, 1.807) is 25.3 Å². The monoisotopic (exact) mass is 396 g/mol. The number of benzene rings is 1. The van der Waals surface area contributed by atoms with Crippen molar-refractivity contribution in [2.45, 2.75) is 46.6 Å². The van der Waals surface area contributed by atoms with E-state index in [0.717, 1.165) is 17.7 Å². The van der Waals surface area contributed by atoms with Crippen molar-refractivity contribution in [3.05, 3.63) is 59.7 Å². The molecule has 154 valence electrons. The SMILES string of the molecule is CCOc1ccccc1[C@H](CC(C)C)NC(=O)Cc1nc(-c2ccco2)oc1C. The number of nitrogens with one attached hydrogen (secondary N) is 1. The van der Waals surface area contributed by atoms with Crippen LogP contribution in [-0.4, -0.2) is 17.5 Å². The van der Waals surface area contributed by atoms with E-state index in [-0.39, 0.29) is 18.4 Å². The second kappa shape index (κ2) is 9.45. The van der Waals surface area contributed by atoms with E-state index in [0.29, 0.717) is 35.6 Å². The maximum Gasteiger partial charge on any atom is 0.263 e. The summed E-state index contributed by atoms with van der Waals surface area (Å²) >= 11 is 0. The minimum absolute atomic E-state index is 0.107. The van der Waals surface area contributed by atoms with Gasteiger partial charge in [0.2, 0.25) is 5.91 Å². The van der Waals surface area contributed by atoms with Gasteiger partial charge in [0.05, 0.1) is 31.0 Å². The molecule has 2 aromatic heterocycles. The van der Waals surface area contributed by atoms with Crippen LogP contribution in [0.25, 0.3) is 11.7 Å². The van der Waals surface area contributed by atoms with Gasteiger partial charge in [-0.15, -0.1) is 0 Å². The smallest absolute Gasteiger partial charge is 0.263 e. The fourth-order valence-corrected chi connectivity index (χ4v) is 3.29. The molecule has 0 saturated heterocycles. The Morgan fingerprint density at radius 2 is 2.00 bits per heavy atom. The number of carbonyl (C=O) groups is 1. The van der Waals surface area contributed by atoms with Crippen LogP contribution >= 0.6 is 0 Å². The van der Waals surface area contributed by atoms with Gasteiger partial charge in [0, 0.05) is 5.56 Å². The molecule has 0 fully saturated rings. The van der Waals surface area contributed by atoms with E-state index in [2.05, 4.69) is 24.1 Å². The number of nitrogens with zero attached hydrogens (tertiary/aromatic N) is 1. The summed E-state index contributed by atoms with van der Waals surface area (Å²) in [4.78, 5) is 17.3. The maximum absolute atomic E-state index is 12.8. The number of amides is 1. The molecule has 1 aromatic carbocycles. The largest absolute Gasteiger partial charge is 0.494 e. The molecule has 0 radical (unpaired) electrons. The third kappa shape index (κ3) is 5.28. The van der Waals surface area contributed by atoms with Gasteiger partial charge in [0.25, 0.3) is 5.89 Å². The second-order valence-electron chi connectivity index (χ2n) is 7.40. The summed E-state index contributed by atoms with van der Waals surface area (Å²) in [5.74, 6) is 2.65. The molecule has 1 amide bonds. The van der Waals surface area contributed by atoms with Crippen LogP contribution < -0.4 is 10.1 Å². The Kier molecular flexibility index (Phi) is 6.75. The molecule has 0 spiro atoms. The summed E-state index contributed by atoms with van der Waals surface area (Å²) in [5.41, 5.74) is 1.60. The predicted molar refractivity (Wildman–Crippen MR) is 111 cm³/mol. The molecular weight excluding hydrogens is 368 g/mol. The highest BCUT2D eigenvalue weighted by Crippen LogP contribution is 2.30. The third-order valence-corrected chi connectivity index (χ3v) is 4.59. The summed E-state index contributed by atoms with van der Waals surface area (Å²) in [5, 5.41) is 3.16. The lowest BCUT2D eigenvalue weighted by Crippen LogP contribution is -2.31. The average Bonchev–Trinajstić information content (AvgIpc) is 3.32. The topological polar surface area (TPSA) is 77.5 Å². The first-order chi connectivity index (χ1) is 14.0. The van der Waals surface area contributed by atoms with Gasteiger partial charge < -0.3 is 18.9 Å². The van der Waals surface area contributed by atoms with Gasteiger partial charge in [0.15, 0.2) is 5.76 Å². The Labute approximate surface area is 171 Å². The minimum Gasteiger partial charge on any atom is -0.494 e. The van der Waals surface area contributed by atoms with Crippen molar-refractivity contribution in [1.29, 1.82) is 0 Å². The summed E-state index contributed by atoms with van der Waals surface area (Å²) in [6, 6.07) is 11.3. The predicted octanol–water partition coefficient (Wildman–Crippen LogP) is 5.09. The molecule has 2 heterocycles. The number of furan rings is 1. The standard InChI is InChI=1S/C23H28N2O4/c1-5-27-20-10-7-6-9-17(20)19(13-15(2)3)24-22(26)14-18-16(4)29-23(25-18)21-11-8-12-28-21/h6-12,15,19H,5,13-14H2,1-4H3,(H,24,26)/t19-/m0/s1. The molecule has 0 saturated carbocycles. The highest BCUT2D eigenvalue weighted by molar-refractivity contribution is 5.79. The number of rotatable bonds is 9. The first-order valence-corrected chi connectivity index (χ1v) is 9.99. The lowest BCUT2D eigenvalue weighted by molar-refractivity contribution is -0.121. The van der Waals surface area contributed by atoms with Crippen LogP contribution in [0.2, 0.25) is 0 Å². The molecule has 1 atom stereocenters. The molecule has 0 aliphatic heterocycles. The number of ether oxygens (including phenoxy) is 1. The lowest BCUT2D eigenvalue weighted by atomic mass is 9.96. The Morgan fingerprint density at radius 3 is 2.69 bits per heavy atom. The first kappa shape index (κ1) is 20.7. The van der Waals surface area contributed by atoms with E-state index >= 15 is 0 Å². The number of oxazole rings is 1. The van der Waals surface area contributed by atoms with Crippen molar-refractivity contribution in [1.82, 2.24) is 10.3 Å². The number of aromatic nitrogens is 1. The summed E-state index contributed by atoms with van der Waals surface area (Å²) < 4.78 is 16.8. The molecule has 3 rings (SSSR count). The van der Waals surface area contributed by atoms with Gasteiger partial charge in [-0.1, -0.05) is 32.0 Å². The van der Waals surface area contributed by atoms with E-state index < -0.39 is 0 Å². The highest BCUT2D eigenvalue weighted by Gasteiger charge is 2.22. The molecule has 0 aliphatic carbocycles. The zero-order valence-electron chi connectivity index (χ0n) is 17.4. The molecule has 29 heavy (non-hydrogen) atoms. The molecule has 6 nitrogen and oxygen atoms in total. The molecule has 6 heteroatoms. The second-order valence-corrected chi connectivity index (χ2v) is 7.40. The van der Waals surface area contributed by atoms with Crippen LogP contribution in [0.5, 0.6) is 5.75 Å². The molecule has 0 aliphatic rings.